The van der Waals surface area contributed by atoms with Gasteiger partial charge in [-0.1, -0.05) is 11.6 Å². The molecule has 1 aromatic carbocycles. The summed E-state index contributed by atoms with van der Waals surface area (Å²) in [6.07, 6.45) is 0.208. The molecule has 3 nitrogen and oxygen atoms in total. The van der Waals surface area contributed by atoms with E-state index in [4.69, 9.17) is 23.2 Å². The van der Waals surface area contributed by atoms with Gasteiger partial charge in [-0.3, -0.25) is 4.79 Å². The van der Waals surface area contributed by atoms with Crippen molar-refractivity contribution in [1.29, 1.82) is 0 Å². The summed E-state index contributed by atoms with van der Waals surface area (Å²) < 4.78 is 13.6. The summed E-state index contributed by atoms with van der Waals surface area (Å²) in [5.74, 6) is -0.649. The highest BCUT2D eigenvalue weighted by Gasteiger charge is 2.31. The van der Waals surface area contributed by atoms with E-state index in [9.17, 15) is 14.3 Å². The molecule has 0 radical (unpaired) electrons. The van der Waals surface area contributed by atoms with E-state index in [1.807, 2.05) is 0 Å². The number of alkyl halides is 1. The molecule has 20 heavy (non-hydrogen) atoms. The standard InChI is InChI=1S/C14H16Cl2FNO2/c1-8(18-4-2-3-13(19)14(18)20)10-5-9(17)6-12(16)11(10)7-15/h5-6,8,13,19H,2-4,7H2,1H3/t8-,13?/m0/s1. The summed E-state index contributed by atoms with van der Waals surface area (Å²) in [5.41, 5.74) is 1.21. The van der Waals surface area contributed by atoms with Crippen LogP contribution in [0.3, 0.4) is 0 Å². The Balaban J connectivity index is 2.37. The van der Waals surface area contributed by atoms with E-state index in [2.05, 4.69) is 0 Å². The lowest BCUT2D eigenvalue weighted by Gasteiger charge is -2.35. The number of carbonyl (C=O) groups is 1. The zero-order valence-electron chi connectivity index (χ0n) is 11.1. The molecule has 1 saturated heterocycles. The van der Waals surface area contributed by atoms with Crippen LogP contribution in [0.5, 0.6) is 0 Å². The first kappa shape index (κ1) is 15.5. The molecule has 1 fully saturated rings. The van der Waals surface area contributed by atoms with E-state index >= 15 is 0 Å². The molecule has 0 saturated carbocycles. The number of hydrogen-bond acceptors (Lipinski definition) is 2. The maximum absolute atomic E-state index is 13.6. The van der Waals surface area contributed by atoms with Crippen molar-refractivity contribution >= 4 is 29.1 Å². The van der Waals surface area contributed by atoms with Crippen molar-refractivity contribution in [3.63, 3.8) is 0 Å². The smallest absolute Gasteiger partial charge is 0.251 e. The van der Waals surface area contributed by atoms with Crippen LogP contribution in [-0.2, 0) is 10.7 Å². The maximum atomic E-state index is 13.6. The van der Waals surface area contributed by atoms with E-state index in [0.717, 1.165) is 6.42 Å². The molecular formula is C14H16Cl2FNO2. The van der Waals surface area contributed by atoms with Gasteiger partial charge in [0.2, 0.25) is 0 Å². The van der Waals surface area contributed by atoms with Crippen molar-refractivity contribution in [1.82, 2.24) is 4.90 Å². The molecule has 0 aromatic heterocycles. The van der Waals surface area contributed by atoms with E-state index in [0.29, 0.717) is 24.1 Å². The minimum Gasteiger partial charge on any atom is -0.383 e. The SMILES string of the molecule is C[C@@H](c1cc(F)cc(Cl)c1CCl)N1CCCC(O)C1=O. The Labute approximate surface area is 127 Å². The zero-order chi connectivity index (χ0) is 14.9. The van der Waals surface area contributed by atoms with E-state index < -0.39 is 11.9 Å². The van der Waals surface area contributed by atoms with Gasteiger partial charge in [0.05, 0.1) is 6.04 Å². The number of benzene rings is 1. The minimum absolute atomic E-state index is 0.142. The average molecular weight is 320 g/mol. The number of piperidine rings is 1. The van der Waals surface area contributed by atoms with Gasteiger partial charge in [-0.2, -0.15) is 0 Å². The highest BCUT2D eigenvalue weighted by Crippen LogP contribution is 2.32. The van der Waals surface area contributed by atoms with Gasteiger partial charge in [-0.05, 0) is 43.0 Å². The monoisotopic (exact) mass is 319 g/mol. The van der Waals surface area contributed by atoms with Crippen molar-refractivity contribution < 1.29 is 14.3 Å². The topological polar surface area (TPSA) is 40.5 Å². The molecule has 1 aromatic rings. The summed E-state index contributed by atoms with van der Waals surface area (Å²) >= 11 is 11.9. The summed E-state index contributed by atoms with van der Waals surface area (Å²) in [5, 5.41) is 9.92. The quantitative estimate of drug-likeness (QED) is 0.869. The van der Waals surface area contributed by atoms with E-state index in [1.54, 1.807) is 11.8 Å². The van der Waals surface area contributed by atoms with Crippen molar-refractivity contribution in [2.24, 2.45) is 0 Å². The van der Waals surface area contributed by atoms with Crippen molar-refractivity contribution in [2.45, 2.75) is 37.8 Å². The lowest BCUT2D eigenvalue weighted by molar-refractivity contribution is -0.146. The molecule has 2 rings (SSSR count). The Hall–Kier alpha value is -0.840. The van der Waals surface area contributed by atoms with Gasteiger partial charge in [0.15, 0.2) is 0 Å². The molecule has 1 aliphatic rings. The van der Waals surface area contributed by atoms with Crippen LogP contribution in [0, 0.1) is 5.82 Å². The fourth-order valence-electron chi connectivity index (χ4n) is 2.57. The third-order valence-electron chi connectivity index (χ3n) is 3.69. The Morgan fingerprint density at radius 3 is 2.90 bits per heavy atom. The first-order valence-corrected chi connectivity index (χ1v) is 7.39. The first-order valence-electron chi connectivity index (χ1n) is 6.48. The lowest BCUT2D eigenvalue weighted by Crippen LogP contribution is -2.45. The Bertz CT molecular complexity index is 524. The van der Waals surface area contributed by atoms with Gasteiger partial charge >= 0.3 is 0 Å². The Morgan fingerprint density at radius 1 is 1.55 bits per heavy atom. The fraction of sp³-hybridized carbons (Fsp3) is 0.500. The van der Waals surface area contributed by atoms with Gasteiger partial charge in [-0.15, -0.1) is 11.6 Å². The minimum atomic E-state index is -0.977. The molecule has 0 aliphatic carbocycles. The molecule has 1 N–H and O–H groups in total. The number of rotatable bonds is 3. The van der Waals surface area contributed by atoms with Crippen molar-refractivity contribution in [2.75, 3.05) is 6.54 Å². The van der Waals surface area contributed by atoms with Gasteiger partial charge < -0.3 is 10.0 Å². The summed E-state index contributed by atoms with van der Waals surface area (Å²) in [4.78, 5) is 13.6. The average Bonchev–Trinajstić information content (AvgIpc) is 2.40. The van der Waals surface area contributed by atoms with Crippen molar-refractivity contribution in [3.05, 3.63) is 34.1 Å². The molecule has 0 spiro atoms. The van der Waals surface area contributed by atoms with Crippen LogP contribution in [-0.4, -0.2) is 28.6 Å². The maximum Gasteiger partial charge on any atom is 0.251 e. The molecule has 0 bridgehead atoms. The number of carbonyl (C=O) groups excluding carboxylic acids is 1. The highest BCUT2D eigenvalue weighted by molar-refractivity contribution is 6.32. The van der Waals surface area contributed by atoms with Crippen LogP contribution in [0.4, 0.5) is 4.39 Å². The molecule has 110 valence electrons. The number of likely N-dealkylation sites (tertiary alicyclic amines) is 1. The van der Waals surface area contributed by atoms with Gasteiger partial charge in [0, 0.05) is 17.4 Å². The molecule has 1 unspecified atom stereocenters. The highest BCUT2D eigenvalue weighted by atomic mass is 35.5. The lowest BCUT2D eigenvalue weighted by atomic mass is 9.97. The second-order valence-corrected chi connectivity index (χ2v) is 5.63. The summed E-state index contributed by atoms with van der Waals surface area (Å²) in [6.45, 7) is 2.32. The van der Waals surface area contributed by atoms with Gasteiger partial charge in [0.25, 0.3) is 5.91 Å². The second-order valence-electron chi connectivity index (χ2n) is 4.95. The predicted octanol–water partition coefficient (Wildman–Crippen LogP) is 3.26. The molecule has 1 amide bonds. The summed E-state index contributed by atoms with van der Waals surface area (Å²) in [6, 6.07) is 2.18. The predicted molar refractivity (Wildman–Crippen MR) is 76.3 cm³/mol. The van der Waals surface area contributed by atoms with E-state index in [1.165, 1.54) is 12.1 Å². The number of halogens is 3. The van der Waals surface area contributed by atoms with Gasteiger partial charge in [0.1, 0.15) is 11.9 Å². The number of nitrogens with zero attached hydrogens (tertiary/aromatic N) is 1. The van der Waals surface area contributed by atoms with Crippen LogP contribution < -0.4 is 0 Å². The van der Waals surface area contributed by atoms with Crippen LogP contribution in [0.2, 0.25) is 5.02 Å². The third kappa shape index (κ3) is 2.92. The Kier molecular flexibility index (Phi) is 4.89. The first-order chi connectivity index (χ1) is 9.45. The number of amides is 1. The molecule has 2 atom stereocenters. The van der Waals surface area contributed by atoms with Crippen molar-refractivity contribution in [3.8, 4) is 0 Å². The second kappa shape index (κ2) is 6.29. The van der Waals surface area contributed by atoms with Crippen LogP contribution in [0.1, 0.15) is 36.9 Å². The van der Waals surface area contributed by atoms with Gasteiger partial charge in [-0.25, -0.2) is 4.39 Å². The molecule has 1 aliphatic heterocycles. The van der Waals surface area contributed by atoms with E-state index in [-0.39, 0.29) is 22.9 Å². The fourth-order valence-corrected chi connectivity index (χ4v) is 3.22. The van der Waals surface area contributed by atoms with Crippen LogP contribution >= 0.6 is 23.2 Å². The summed E-state index contributed by atoms with van der Waals surface area (Å²) in [7, 11) is 0. The number of aliphatic hydroxyl groups excluding tert-OH is 1. The molecule has 1 heterocycles. The zero-order valence-corrected chi connectivity index (χ0v) is 12.6. The largest absolute Gasteiger partial charge is 0.383 e. The number of hydrogen-bond donors (Lipinski definition) is 1. The van der Waals surface area contributed by atoms with Crippen LogP contribution in [0.15, 0.2) is 12.1 Å². The molecular weight excluding hydrogens is 304 g/mol. The third-order valence-corrected chi connectivity index (χ3v) is 4.30. The Morgan fingerprint density at radius 2 is 2.25 bits per heavy atom. The van der Waals surface area contributed by atoms with Crippen LogP contribution in [0.25, 0.3) is 0 Å². The normalized spacial score (nSPS) is 21.1. The molecule has 6 heteroatoms. The number of aliphatic hydroxyl groups is 1.